The molecule has 0 unspecified atom stereocenters. The van der Waals surface area contributed by atoms with Crippen molar-refractivity contribution in [3.8, 4) is 0 Å². The standard InChI is InChI=1S/C19H17ClN2S.HI/c1-12(15-9-7-13-5-3-4-6-16(13)21-15)19-22(2)17-10-8-14(20)11-18(17)23-19;/h3-6,8,10-11H,7,9H2,1-2H3;1H. The van der Waals surface area contributed by atoms with Gasteiger partial charge in [-0.15, -0.1) is 0 Å². The van der Waals surface area contributed by atoms with Gasteiger partial charge in [0.2, 0.25) is 5.52 Å². The van der Waals surface area contributed by atoms with Gasteiger partial charge in [-0.05, 0) is 43.5 Å². The summed E-state index contributed by atoms with van der Waals surface area (Å²) in [6, 6.07) is 14.7. The van der Waals surface area contributed by atoms with Crippen molar-refractivity contribution in [2.75, 3.05) is 5.32 Å². The van der Waals surface area contributed by atoms with Crippen LogP contribution in [0.15, 0.2) is 48.2 Å². The zero-order valence-electron chi connectivity index (χ0n) is 13.6. The average Bonchev–Trinajstić information content (AvgIpc) is 2.89. The first-order valence-electron chi connectivity index (χ1n) is 7.76. The van der Waals surface area contributed by atoms with E-state index >= 15 is 0 Å². The van der Waals surface area contributed by atoms with Gasteiger partial charge in [0, 0.05) is 22.5 Å². The Bertz CT molecular complexity index is 946. The maximum atomic E-state index is 6.14. The minimum atomic E-state index is 0. The fraction of sp³-hybridized carbons (Fsp3) is 0.211. The number of aromatic nitrogens is 1. The van der Waals surface area contributed by atoms with Crippen LogP contribution in [-0.2, 0) is 13.5 Å². The second-order valence-corrected chi connectivity index (χ2v) is 7.43. The van der Waals surface area contributed by atoms with Gasteiger partial charge in [0.05, 0.1) is 5.57 Å². The van der Waals surface area contributed by atoms with Crippen molar-refractivity contribution in [3.63, 3.8) is 0 Å². The van der Waals surface area contributed by atoms with E-state index in [0.717, 1.165) is 17.9 Å². The van der Waals surface area contributed by atoms with Crippen LogP contribution in [0.25, 0.3) is 15.8 Å². The summed E-state index contributed by atoms with van der Waals surface area (Å²) in [5, 5.41) is 5.70. The Labute approximate surface area is 168 Å². The van der Waals surface area contributed by atoms with Crippen molar-refractivity contribution in [2.45, 2.75) is 19.8 Å². The molecule has 1 N–H and O–H groups in total. The Morgan fingerprint density at radius 1 is 1.17 bits per heavy atom. The van der Waals surface area contributed by atoms with Gasteiger partial charge >= 0.3 is 0 Å². The third-order valence-electron chi connectivity index (χ3n) is 4.52. The lowest BCUT2D eigenvalue weighted by Gasteiger charge is -2.21. The molecular formula is C19H18ClIN2S. The summed E-state index contributed by atoms with van der Waals surface area (Å²) in [4.78, 5) is 0. The molecule has 1 aliphatic heterocycles. The number of para-hydroxylation sites is 1. The number of nitrogens with zero attached hydrogens (tertiary/aromatic N) is 1. The minimum Gasteiger partial charge on any atom is -1.00 e. The maximum Gasteiger partial charge on any atom is 0.267 e. The summed E-state index contributed by atoms with van der Waals surface area (Å²) in [5.74, 6) is 0. The van der Waals surface area contributed by atoms with Crippen molar-refractivity contribution in [3.05, 3.63) is 63.8 Å². The van der Waals surface area contributed by atoms with E-state index in [4.69, 9.17) is 11.6 Å². The summed E-state index contributed by atoms with van der Waals surface area (Å²) in [6.45, 7) is 2.21. The number of thiazole rings is 1. The molecule has 0 bridgehead atoms. The molecule has 0 aliphatic carbocycles. The van der Waals surface area contributed by atoms with Crippen molar-refractivity contribution in [1.82, 2.24) is 0 Å². The van der Waals surface area contributed by atoms with Crippen LogP contribution in [0.4, 0.5) is 5.69 Å². The summed E-state index contributed by atoms with van der Waals surface area (Å²) in [7, 11) is 2.13. The van der Waals surface area contributed by atoms with E-state index in [1.807, 2.05) is 12.1 Å². The number of aryl methyl sites for hydroxylation is 2. The van der Waals surface area contributed by atoms with Crippen LogP contribution in [0.3, 0.4) is 0 Å². The molecule has 1 aromatic heterocycles. The Balaban J connectivity index is 0.00000169. The smallest absolute Gasteiger partial charge is 0.267 e. The van der Waals surface area contributed by atoms with Gasteiger partial charge in [0.25, 0.3) is 5.01 Å². The van der Waals surface area contributed by atoms with Gasteiger partial charge in [0.1, 0.15) is 11.7 Å². The zero-order valence-corrected chi connectivity index (χ0v) is 17.3. The first-order chi connectivity index (χ1) is 11.1. The second kappa shape index (κ2) is 7.02. The normalized spacial score (nSPS) is 15.5. The molecule has 0 spiro atoms. The lowest BCUT2D eigenvalue weighted by Crippen LogP contribution is -3.00. The summed E-state index contributed by atoms with van der Waals surface area (Å²) in [5.41, 5.74) is 6.50. The van der Waals surface area contributed by atoms with E-state index in [1.165, 1.54) is 37.7 Å². The molecule has 24 heavy (non-hydrogen) atoms. The van der Waals surface area contributed by atoms with Crippen LogP contribution >= 0.6 is 22.9 Å². The quantitative estimate of drug-likeness (QED) is 0.428. The molecule has 124 valence electrons. The molecule has 2 heterocycles. The van der Waals surface area contributed by atoms with Gasteiger partial charge < -0.3 is 29.3 Å². The number of rotatable bonds is 1. The monoisotopic (exact) mass is 468 g/mol. The molecule has 4 rings (SSSR count). The molecule has 3 aromatic rings. The fourth-order valence-electron chi connectivity index (χ4n) is 3.21. The number of allylic oxidation sites excluding steroid dienone is 2. The molecule has 2 aromatic carbocycles. The fourth-order valence-corrected chi connectivity index (χ4v) is 4.66. The highest BCUT2D eigenvalue weighted by molar-refractivity contribution is 7.19. The van der Waals surface area contributed by atoms with Crippen LogP contribution in [0.2, 0.25) is 5.02 Å². The largest absolute Gasteiger partial charge is 1.00 e. The molecule has 0 saturated heterocycles. The molecule has 5 heteroatoms. The molecule has 0 amide bonds. The van der Waals surface area contributed by atoms with Gasteiger partial charge in [-0.3, -0.25) is 0 Å². The Kier molecular flexibility index (Phi) is 5.18. The number of anilines is 1. The number of nitrogens with one attached hydrogen (secondary N) is 1. The number of benzene rings is 2. The van der Waals surface area contributed by atoms with Crippen LogP contribution in [-0.4, -0.2) is 0 Å². The molecule has 0 atom stereocenters. The maximum absolute atomic E-state index is 6.14. The highest BCUT2D eigenvalue weighted by atomic mass is 127. The van der Waals surface area contributed by atoms with Crippen molar-refractivity contribution < 1.29 is 28.5 Å². The van der Waals surface area contributed by atoms with E-state index < -0.39 is 0 Å². The number of hydrogen-bond acceptors (Lipinski definition) is 2. The lowest BCUT2D eigenvalue weighted by atomic mass is 9.99. The Morgan fingerprint density at radius 2 is 1.96 bits per heavy atom. The molecule has 1 aliphatic rings. The summed E-state index contributed by atoms with van der Waals surface area (Å²) in [6.07, 6.45) is 2.15. The van der Waals surface area contributed by atoms with Crippen molar-refractivity contribution >= 4 is 44.4 Å². The third-order valence-corrected chi connectivity index (χ3v) is 6.07. The topological polar surface area (TPSA) is 15.9 Å². The third kappa shape index (κ3) is 3.07. The predicted molar refractivity (Wildman–Crippen MR) is 99.0 cm³/mol. The Morgan fingerprint density at radius 3 is 2.79 bits per heavy atom. The van der Waals surface area contributed by atoms with Gasteiger partial charge in [0.15, 0.2) is 0 Å². The van der Waals surface area contributed by atoms with E-state index in [1.54, 1.807) is 11.3 Å². The zero-order chi connectivity index (χ0) is 16.0. The van der Waals surface area contributed by atoms with E-state index in [0.29, 0.717) is 0 Å². The van der Waals surface area contributed by atoms with E-state index in [-0.39, 0.29) is 24.0 Å². The molecule has 0 fully saturated rings. The number of hydrogen-bond donors (Lipinski definition) is 1. The molecular weight excluding hydrogens is 451 g/mol. The van der Waals surface area contributed by atoms with Crippen molar-refractivity contribution in [2.24, 2.45) is 7.05 Å². The average molecular weight is 469 g/mol. The number of fused-ring (bicyclic) bond motifs is 2. The SMILES string of the molecule is CC(=C1CCc2ccccc2N1)c1sc2cc(Cl)ccc2[n+]1C.[I-]. The highest BCUT2D eigenvalue weighted by Crippen LogP contribution is 2.33. The first kappa shape index (κ1) is 17.7. The van der Waals surface area contributed by atoms with Gasteiger partial charge in [-0.1, -0.05) is 41.1 Å². The first-order valence-corrected chi connectivity index (χ1v) is 8.96. The summed E-state index contributed by atoms with van der Waals surface area (Å²) >= 11 is 7.94. The van der Waals surface area contributed by atoms with Crippen LogP contribution in [0.5, 0.6) is 0 Å². The van der Waals surface area contributed by atoms with E-state index in [2.05, 4.69) is 54.2 Å². The van der Waals surface area contributed by atoms with Gasteiger partial charge in [-0.25, -0.2) is 0 Å². The highest BCUT2D eigenvalue weighted by Gasteiger charge is 2.23. The van der Waals surface area contributed by atoms with Gasteiger partial charge in [-0.2, -0.15) is 4.57 Å². The predicted octanol–water partition coefficient (Wildman–Crippen LogP) is 2.17. The molecule has 0 saturated carbocycles. The van der Waals surface area contributed by atoms with Crippen LogP contribution in [0, 0.1) is 0 Å². The second-order valence-electron chi connectivity index (χ2n) is 5.96. The minimum absolute atomic E-state index is 0. The lowest BCUT2D eigenvalue weighted by molar-refractivity contribution is -0.642. The summed E-state index contributed by atoms with van der Waals surface area (Å²) < 4.78 is 3.49. The van der Waals surface area contributed by atoms with Crippen LogP contribution in [0.1, 0.15) is 23.9 Å². The van der Waals surface area contributed by atoms with Crippen LogP contribution < -0.4 is 33.9 Å². The Hall–Kier alpha value is -1.11. The molecule has 2 nitrogen and oxygen atoms in total. The van der Waals surface area contributed by atoms with E-state index in [9.17, 15) is 0 Å². The van der Waals surface area contributed by atoms with Crippen molar-refractivity contribution in [1.29, 1.82) is 0 Å². The molecule has 0 radical (unpaired) electrons. The number of halogens is 2.